The third-order valence-electron chi connectivity index (χ3n) is 5.01. The van der Waals surface area contributed by atoms with Crippen LogP contribution in [-0.4, -0.2) is 48.4 Å². The van der Waals surface area contributed by atoms with E-state index >= 15 is 0 Å². The molecule has 164 valence electrons. The normalized spacial score (nSPS) is 14.1. The van der Waals surface area contributed by atoms with E-state index in [9.17, 15) is 18.8 Å². The molecule has 2 aromatic carbocycles. The third kappa shape index (κ3) is 6.78. The summed E-state index contributed by atoms with van der Waals surface area (Å²) in [6.45, 7) is 1.25. The Labute approximate surface area is 188 Å². The molecule has 1 saturated heterocycles. The van der Waals surface area contributed by atoms with E-state index in [0.29, 0.717) is 30.4 Å². The number of carbonyl (C=O) groups excluding carboxylic acids is 3. The van der Waals surface area contributed by atoms with Crippen LogP contribution in [0.2, 0.25) is 0 Å². The van der Waals surface area contributed by atoms with Crippen LogP contribution in [0.1, 0.15) is 29.6 Å². The lowest BCUT2D eigenvalue weighted by molar-refractivity contribution is -0.132. The molecular weight excluding hydrogens is 467 g/mol. The molecule has 0 saturated carbocycles. The Kier molecular flexibility index (Phi) is 8.00. The monoisotopic (exact) mass is 490 g/mol. The van der Waals surface area contributed by atoms with Crippen molar-refractivity contribution in [2.45, 2.75) is 25.3 Å². The summed E-state index contributed by atoms with van der Waals surface area (Å²) in [5, 5.41) is 8.36. The van der Waals surface area contributed by atoms with Crippen molar-refractivity contribution in [3.05, 3.63) is 64.4 Å². The van der Waals surface area contributed by atoms with E-state index < -0.39 is 11.7 Å². The predicted octanol–water partition coefficient (Wildman–Crippen LogP) is 3.52. The lowest BCUT2D eigenvalue weighted by atomic mass is 10.0. The number of benzene rings is 2. The highest BCUT2D eigenvalue weighted by molar-refractivity contribution is 9.10. The van der Waals surface area contributed by atoms with Gasteiger partial charge in [0.1, 0.15) is 5.82 Å². The van der Waals surface area contributed by atoms with Gasteiger partial charge in [-0.25, -0.2) is 9.18 Å². The Morgan fingerprint density at radius 2 is 1.77 bits per heavy atom. The van der Waals surface area contributed by atoms with E-state index in [1.807, 2.05) is 30.3 Å². The molecule has 1 fully saturated rings. The lowest BCUT2D eigenvalue weighted by Crippen LogP contribution is -2.48. The number of likely N-dealkylation sites (tertiary alicyclic amines) is 1. The molecule has 4 amide bonds. The Balaban J connectivity index is 1.36. The highest BCUT2D eigenvalue weighted by Gasteiger charge is 2.24. The van der Waals surface area contributed by atoms with E-state index in [1.165, 1.54) is 12.1 Å². The number of nitrogens with zero attached hydrogens (tertiary/aromatic N) is 1. The van der Waals surface area contributed by atoms with E-state index in [0.717, 1.165) is 11.8 Å². The van der Waals surface area contributed by atoms with Crippen molar-refractivity contribution in [1.29, 1.82) is 0 Å². The minimum absolute atomic E-state index is 0.00204. The summed E-state index contributed by atoms with van der Waals surface area (Å²) in [6, 6.07) is 12.8. The van der Waals surface area contributed by atoms with Crippen molar-refractivity contribution in [1.82, 2.24) is 15.5 Å². The number of carbonyl (C=O) groups is 3. The van der Waals surface area contributed by atoms with E-state index in [-0.39, 0.29) is 36.5 Å². The van der Waals surface area contributed by atoms with Crippen molar-refractivity contribution in [2.75, 3.05) is 25.0 Å². The van der Waals surface area contributed by atoms with Gasteiger partial charge in [-0.15, -0.1) is 0 Å². The molecule has 1 aliphatic rings. The van der Waals surface area contributed by atoms with Crippen LogP contribution in [0.25, 0.3) is 0 Å². The van der Waals surface area contributed by atoms with Gasteiger partial charge in [-0.05, 0) is 59.1 Å². The second-order valence-corrected chi connectivity index (χ2v) is 8.10. The molecule has 3 N–H and O–H groups in total. The summed E-state index contributed by atoms with van der Waals surface area (Å²) in [4.78, 5) is 38.4. The molecule has 2 aromatic rings. The molecular formula is C22H24BrFN4O3. The average Bonchev–Trinajstić information content (AvgIpc) is 2.76. The molecule has 0 aliphatic carbocycles. The van der Waals surface area contributed by atoms with Gasteiger partial charge in [-0.1, -0.05) is 18.2 Å². The van der Waals surface area contributed by atoms with Crippen molar-refractivity contribution in [3.8, 4) is 0 Å². The fourth-order valence-electron chi connectivity index (χ4n) is 3.36. The van der Waals surface area contributed by atoms with E-state index in [1.54, 1.807) is 4.90 Å². The van der Waals surface area contributed by atoms with Crippen LogP contribution in [-0.2, 0) is 4.79 Å². The van der Waals surface area contributed by atoms with Gasteiger partial charge in [0.15, 0.2) is 0 Å². The van der Waals surface area contributed by atoms with Crippen molar-refractivity contribution >= 4 is 39.5 Å². The maximum atomic E-state index is 13.3. The molecule has 0 spiro atoms. The predicted molar refractivity (Wildman–Crippen MR) is 119 cm³/mol. The number of rotatable bonds is 6. The standard InChI is InChI=1S/C22H24BrFN4O3/c23-19-7-6-15(24)14-18(19)21(30)25-11-8-20(29)28-12-9-17(10-13-28)27-22(31)26-16-4-2-1-3-5-16/h1-7,14,17H,8-13H2,(H,25,30)(H2,26,27,31). The number of amides is 4. The number of nitrogens with one attached hydrogen (secondary N) is 3. The van der Waals surface area contributed by atoms with Crippen LogP contribution in [0, 0.1) is 5.82 Å². The SMILES string of the molecule is O=C(Nc1ccccc1)NC1CCN(C(=O)CCNC(=O)c2cc(F)ccc2Br)CC1. The molecule has 3 rings (SSSR count). The average molecular weight is 491 g/mol. The van der Waals surface area contributed by atoms with Gasteiger partial charge < -0.3 is 20.9 Å². The second kappa shape index (κ2) is 10.9. The summed E-state index contributed by atoms with van der Waals surface area (Å²) in [5.41, 5.74) is 0.910. The van der Waals surface area contributed by atoms with Gasteiger partial charge in [0.2, 0.25) is 5.91 Å². The van der Waals surface area contributed by atoms with Gasteiger partial charge in [0, 0.05) is 42.3 Å². The molecule has 0 unspecified atom stereocenters. The summed E-state index contributed by atoms with van der Waals surface area (Å²) < 4.78 is 13.8. The zero-order valence-electron chi connectivity index (χ0n) is 16.9. The van der Waals surface area contributed by atoms with Crippen LogP contribution < -0.4 is 16.0 Å². The zero-order valence-corrected chi connectivity index (χ0v) is 18.5. The Bertz CT molecular complexity index is 934. The van der Waals surface area contributed by atoms with E-state index in [4.69, 9.17) is 0 Å². The van der Waals surface area contributed by atoms with Crippen molar-refractivity contribution in [3.63, 3.8) is 0 Å². The summed E-state index contributed by atoms with van der Waals surface area (Å²) in [6.07, 6.45) is 1.48. The Hall–Kier alpha value is -2.94. The molecule has 0 radical (unpaired) electrons. The highest BCUT2D eigenvalue weighted by atomic mass is 79.9. The Morgan fingerprint density at radius 3 is 2.48 bits per heavy atom. The number of urea groups is 1. The molecule has 1 aliphatic heterocycles. The molecule has 0 aromatic heterocycles. The lowest BCUT2D eigenvalue weighted by Gasteiger charge is -2.32. The summed E-state index contributed by atoms with van der Waals surface area (Å²) in [7, 11) is 0. The maximum Gasteiger partial charge on any atom is 0.319 e. The van der Waals surface area contributed by atoms with Gasteiger partial charge in [0.25, 0.3) is 5.91 Å². The van der Waals surface area contributed by atoms with E-state index in [2.05, 4.69) is 31.9 Å². The smallest absolute Gasteiger partial charge is 0.319 e. The zero-order chi connectivity index (χ0) is 22.2. The number of halogens is 2. The fraction of sp³-hybridized carbons (Fsp3) is 0.318. The molecule has 31 heavy (non-hydrogen) atoms. The van der Waals surface area contributed by atoms with Gasteiger partial charge in [-0.3, -0.25) is 9.59 Å². The largest absolute Gasteiger partial charge is 0.351 e. The Morgan fingerprint density at radius 1 is 1.06 bits per heavy atom. The number of hydrogen-bond acceptors (Lipinski definition) is 3. The van der Waals surface area contributed by atoms with Crippen LogP contribution in [0.5, 0.6) is 0 Å². The number of piperidine rings is 1. The maximum absolute atomic E-state index is 13.3. The molecule has 7 nitrogen and oxygen atoms in total. The third-order valence-corrected chi connectivity index (χ3v) is 5.70. The molecule has 9 heteroatoms. The van der Waals surface area contributed by atoms with Gasteiger partial charge in [-0.2, -0.15) is 0 Å². The summed E-state index contributed by atoms with van der Waals surface area (Å²) >= 11 is 3.22. The van der Waals surface area contributed by atoms with Crippen molar-refractivity contribution < 1.29 is 18.8 Å². The van der Waals surface area contributed by atoms with Crippen LogP contribution in [0.4, 0.5) is 14.9 Å². The molecule has 0 atom stereocenters. The first kappa shape index (κ1) is 22.7. The van der Waals surface area contributed by atoms with Gasteiger partial charge in [0.05, 0.1) is 5.56 Å². The minimum Gasteiger partial charge on any atom is -0.351 e. The topological polar surface area (TPSA) is 90.5 Å². The first-order valence-electron chi connectivity index (χ1n) is 10.1. The van der Waals surface area contributed by atoms with Gasteiger partial charge >= 0.3 is 6.03 Å². The highest BCUT2D eigenvalue weighted by Crippen LogP contribution is 2.18. The second-order valence-electron chi connectivity index (χ2n) is 7.25. The minimum atomic E-state index is -0.502. The van der Waals surface area contributed by atoms with Crippen LogP contribution in [0.15, 0.2) is 53.0 Å². The van der Waals surface area contributed by atoms with Crippen LogP contribution in [0.3, 0.4) is 0 Å². The number of hydrogen-bond donors (Lipinski definition) is 3. The molecule has 1 heterocycles. The van der Waals surface area contributed by atoms with Crippen molar-refractivity contribution in [2.24, 2.45) is 0 Å². The number of para-hydroxylation sites is 1. The first-order valence-corrected chi connectivity index (χ1v) is 10.9. The quantitative estimate of drug-likeness (QED) is 0.578. The van der Waals surface area contributed by atoms with Crippen LogP contribution >= 0.6 is 15.9 Å². The first-order chi connectivity index (χ1) is 14.9. The summed E-state index contributed by atoms with van der Waals surface area (Å²) in [5.74, 6) is -1.00. The fourth-order valence-corrected chi connectivity index (χ4v) is 3.78. The molecule has 0 bridgehead atoms. The number of anilines is 1.